The Kier molecular flexibility index (Phi) is 3.04. The molecule has 1 fully saturated rings. The summed E-state index contributed by atoms with van der Waals surface area (Å²) >= 11 is 0. The Morgan fingerprint density at radius 1 is 1.31 bits per heavy atom. The topological polar surface area (TPSA) is 29.3 Å². The van der Waals surface area contributed by atoms with Gasteiger partial charge in [0.2, 0.25) is 0 Å². The van der Waals surface area contributed by atoms with E-state index in [0.717, 1.165) is 6.42 Å². The third kappa shape index (κ3) is 2.63. The Morgan fingerprint density at radius 2 is 1.94 bits per heavy atom. The van der Waals surface area contributed by atoms with Crippen molar-refractivity contribution < 1.29 is 0 Å². The molecule has 2 nitrogen and oxygen atoms in total. The van der Waals surface area contributed by atoms with Crippen molar-refractivity contribution in [2.24, 2.45) is 5.73 Å². The normalized spacial score (nSPS) is 18.5. The van der Waals surface area contributed by atoms with E-state index in [2.05, 4.69) is 50.1 Å². The molecule has 16 heavy (non-hydrogen) atoms. The van der Waals surface area contributed by atoms with Gasteiger partial charge >= 0.3 is 0 Å². The van der Waals surface area contributed by atoms with Crippen LogP contribution in [0.2, 0.25) is 0 Å². The molecule has 0 aromatic heterocycles. The van der Waals surface area contributed by atoms with E-state index in [4.69, 9.17) is 5.73 Å². The van der Waals surface area contributed by atoms with Crippen molar-refractivity contribution in [3.63, 3.8) is 0 Å². The second-order valence-electron chi connectivity index (χ2n) is 5.78. The Bertz CT molecular complexity index is 359. The van der Waals surface area contributed by atoms with Crippen LogP contribution < -0.4 is 5.73 Å². The van der Waals surface area contributed by atoms with Crippen LogP contribution in [0.15, 0.2) is 24.3 Å². The predicted molar refractivity (Wildman–Crippen MR) is 68.7 cm³/mol. The molecule has 0 bridgehead atoms. The third-order valence-electron chi connectivity index (χ3n) is 3.21. The fourth-order valence-electron chi connectivity index (χ4n) is 2.48. The standard InChI is InChI=1S/C14H22N2/c1-14(2,15)8-11-6-4-5-7-13(11)12-9-16(3)10-12/h4-7,12H,8-10,15H2,1-3H3. The molecule has 0 unspecified atom stereocenters. The van der Waals surface area contributed by atoms with E-state index in [-0.39, 0.29) is 5.54 Å². The van der Waals surface area contributed by atoms with Gasteiger partial charge in [-0.3, -0.25) is 0 Å². The molecule has 1 aliphatic rings. The summed E-state index contributed by atoms with van der Waals surface area (Å²) in [6.45, 7) is 6.55. The maximum Gasteiger partial charge on any atom is 0.0138 e. The van der Waals surface area contributed by atoms with Gasteiger partial charge in [-0.1, -0.05) is 24.3 Å². The van der Waals surface area contributed by atoms with Crippen LogP contribution in [0.3, 0.4) is 0 Å². The number of nitrogens with zero attached hydrogens (tertiary/aromatic N) is 1. The van der Waals surface area contributed by atoms with Crippen molar-refractivity contribution in [2.75, 3.05) is 20.1 Å². The van der Waals surface area contributed by atoms with Gasteiger partial charge in [0.1, 0.15) is 0 Å². The summed E-state index contributed by atoms with van der Waals surface area (Å²) in [5.74, 6) is 0.712. The number of likely N-dealkylation sites (tertiary alicyclic amines) is 1. The molecule has 1 saturated heterocycles. The number of rotatable bonds is 3. The van der Waals surface area contributed by atoms with Gasteiger partial charge in [0, 0.05) is 24.5 Å². The van der Waals surface area contributed by atoms with Crippen molar-refractivity contribution in [2.45, 2.75) is 31.7 Å². The Morgan fingerprint density at radius 3 is 2.50 bits per heavy atom. The molecule has 0 radical (unpaired) electrons. The minimum atomic E-state index is -0.119. The highest BCUT2D eigenvalue weighted by Crippen LogP contribution is 2.29. The van der Waals surface area contributed by atoms with Crippen molar-refractivity contribution >= 4 is 0 Å². The lowest BCUT2D eigenvalue weighted by Crippen LogP contribution is -2.42. The first-order valence-corrected chi connectivity index (χ1v) is 6.01. The molecule has 2 rings (SSSR count). The number of nitrogens with two attached hydrogens (primary N) is 1. The Hall–Kier alpha value is -0.860. The van der Waals surface area contributed by atoms with E-state index in [1.807, 2.05) is 0 Å². The molecule has 2 N–H and O–H groups in total. The van der Waals surface area contributed by atoms with E-state index in [1.54, 1.807) is 0 Å². The van der Waals surface area contributed by atoms with Crippen molar-refractivity contribution in [1.29, 1.82) is 0 Å². The third-order valence-corrected chi connectivity index (χ3v) is 3.21. The van der Waals surface area contributed by atoms with Crippen LogP contribution in [0, 0.1) is 0 Å². The monoisotopic (exact) mass is 218 g/mol. The Labute approximate surface area is 98.4 Å². The first-order chi connectivity index (χ1) is 7.46. The summed E-state index contributed by atoms with van der Waals surface area (Å²) in [5, 5.41) is 0. The molecule has 0 saturated carbocycles. The van der Waals surface area contributed by atoms with Crippen LogP contribution in [0.1, 0.15) is 30.9 Å². The number of hydrogen-bond donors (Lipinski definition) is 1. The maximum absolute atomic E-state index is 6.11. The van der Waals surface area contributed by atoms with Crippen LogP contribution >= 0.6 is 0 Å². The molecule has 0 spiro atoms. The molecular weight excluding hydrogens is 196 g/mol. The molecule has 0 aliphatic carbocycles. The number of likely N-dealkylation sites (N-methyl/N-ethyl adjacent to an activating group) is 1. The highest BCUT2D eigenvalue weighted by Gasteiger charge is 2.27. The lowest BCUT2D eigenvalue weighted by atomic mass is 9.84. The van der Waals surface area contributed by atoms with E-state index >= 15 is 0 Å². The molecule has 1 aliphatic heterocycles. The van der Waals surface area contributed by atoms with E-state index in [9.17, 15) is 0 Å². The zero-order valence-electron chi connectivity index (χ0n) is 10.5. The first-order valence-electron chi connectivity index (χ1n) is 6.01. The van der Waals surface area contributed by atoms with Crippen LogP contribution in [0.25, 0.3) is 0 Å². The second kappa shape index (κ2) is 4.19. The van der Waals surface area contributed by atoms with Gasteiger partial charge in [-0.2, -0.15) is 0 Å². The lowest BCUT2D eigenvalue weighted by molar-refractivity contribution is 0.189. The summed E-state index contributed by atoms with van der Waals surface area (Å²) in [6, 6.07) is 8.74. The fraction of sp³-hybridized carbons (Fsp3) is 0.571. The average molecular weight is 218 g/mol. The summed E-state index contributed by atoms with van der Waals surface area (Å²) in [6.07, 6.45) is 0.962. The molecule has 0 amide bonds. The van der Waals surface area contributed by atoms with Gasteiger partial charge in [-0.25, -0.2) is 0 Å². The largest absolute Gasteiger partial charge is 0.325 e. The van der Waals surface area contributed by atoms with Crippen molar-refractivity contribution in [3.8, 4) is 0 Å². The van der Waals surface area contributed by atoms with Crippen molar-refractivity contribution in [3.05, 3.63) is 35.4 Å². The summed E-state index contributed by atoms with van der Waals surface area (Å²) < 4.78 is 0. The summed E-state index contributed by atoms with van der Waals surface area (Å²) in [4.78, 5) is 2.36. The van der Waals surface area contributed by atoms with Crippen LogP contribution in [0.5, 0.6) is 0 Å². The summed E-state index contributed by atoms with van der Waals surface area (Å²) in [5.41, 5.74) is 8.92. The van der Waals surface area contributed by atoms with Gasteiger partial charge in [0.25, 0.3) is 0 Å². The number of hydrogen-bond acceptors (Lipinski definition) is 2. The van der Waals surface area contributed by atoms with Gasteiger partial charge in [-0.05, 0) is 38.4 Å². The van der Waals surface area contributed by atoms with Gasteiger partial charge in [0.15, 0.2) is 0 Å². The van der Waals surface area contributed by atoms with Crippen molar-refractivity contribution in [1.82, 2.24) is 4.90 Å². The molecule has 2 heteroatoms. The fourth-order valence-corrected chi connectivity index (χ4v) is 2.48. The molecule has 1 aromatic rings. The smallest absolute Gasteiger partial charge is 0.0138 e. The van der Waals surface area contributed by atoms with Gasteiger partial charge < -0.3 is 10.6 Å². The van der Waals surface area contributed by atoms with E-state index in [1.165, 1.54) is 24.2 Å². The van der Waals surface area contributed by atoms with Crippen LogP contribution in [0.4, 0.5) is 0 Å². The van der Waals surface area contributed by atoms with Gasteiger partial charge in [0.05, 0.1) is 0 Å². The average Bonchev–Trinajstić information content (AvgIpc) is 2.12. The summed E-state index contributed by atoms with van der Waals surface area (Å²) in [7, 11) is 2.17. The van der Waals surface area contributed by atoms with E-state index < -0.39 is 0 Å². The molecule has 88 valence electrons. The zero-order valence-corrected chi connectivity index (χ0v) is 10.5. The van der Waals surface area contributed by atoms with Gasteiger partial charge in [-0.15, -0.1) is 0 Å². The lowest BCUT2D eigenvalue weighted by Gasteiger charge is -2.38. The molecular formula is C14H22N2. The zero-order chi connectivity index (χ0) is 11.8. The van der Waals surface area contributed by atoms with Crippen LogP contribution in [-0.4, -0.2) is 30.6 Å². The second-order valence-corrected chi connectivity index (χ2v) is 5.78. The maximum atomic E-state index is 6.11. The van der Waals surface area contributed by atoms with Crippen LogP contribution in [-0.2, 0) is 6.42 Å². The SMILES string of the molecule is CN1CC(c2ccccc2CC(C)(C)N)C1. The minimum absolute atomic E-state index is 0.119. The van der Waals surface area contributed by atoms with E-state index in [0.29, 0.717) is 5.92 Å². The molecule has 1 aromatic carbocycles. The highest BCUT2D eigenvalue weighted by atomic mass is 15.2. The highest BCUT2D eigenvalue weighted by molar-refractivity contribution is 5.33. The first kappa shape index (κ1) is 11.6. The predicted octanol–water partition coefficient (Wildman–Crippen LogP) is 2.00. The Balaban J connectivity index is 2.18. The molecule has 1 heterocycles. The number of benzene rings is 1. The molecule has 0 atom stereocenters. The quantitative estimate of drug-likeness (QED) is 0.840. The minimum Gasteiger partial charge on any atom is -0.325 e.